The standard InChI is InChI=1S/C20H21N7O9S/c1-5-36-18(29)13(10-21)26-25-11-6-7-12(17(28)35-4)14(8-11)37(31,32)27-20(30)24-19-22-15(33-2)9-16(23-19)34-3/h6-9,25H,5H2,1-4H3,(H2,22,23,24,27,30). The van der Waals surface area contributed by atoms with Gasteiger partial charge in [0, 0.05) is 0 Å². The molecule has 2 aromatic rings. The summed E-state index contributed by atoms with van der Waals surface area (Å²) in [5.74, 6) is -2.33. The van der Waals surface area contributed by atoms with Gasteiger partial charge in [-0.3, -0.25) is 10.7 Å². The van der Waals surface area contributed by atoms with Gasteiger partial charge in [0.2, 0.25) is 23.4 Å². The summed E-state index contributed by atoms with van der Waals surface area (Å²) in [5.41, 5.74) is 1.19. The highest BCUT2D eigenvalue weighted by molar-refractivity contribution is 7.90. The first kappa shape index (κ1) is 28.3. The molecule has 1 heterocycles. The van der Waals surface area contributed by atoms with E-state index in [1.165, 1.54) is 39.3 Å². The minimum atomic E-state index is -4.71. The number of benzene rings is 1. The van der Waals surface area contributed by atoms with E-state index in [-0.39, 0.29) is 30.0 Å². The number of ether oxygens (including phenoxy) is 4. The predicted molar refractivity (Wildman–Crippen MR) is 126 cm³/mol. The molecule has 0 radical (unpaired) electrons. The number of methoxy groups -OCH3 is 3. The molecule has 0 unspecified atom stereocenters. The van der Waals surface area contributed by atoms with E-state index in [4.69, 9.17) is 14.7 Å². The third-order valence-electron chi connectivity index (χ3n) is 4.10. The number of anilines is 2. The number of amides is 2. The molecule has 0 spiro atoms. The number of sulfonamides is 1. The molecule has 0 aliphatic carbocycles. The molecule has 1 aromatic heterocycles. The Bertz CT molecular complexity index is 1350. The van der Waals surface area contributed by atoms with Crippen molar-refractivity contribution in [1.82, 2.24) is 14.7 Å². The van der Waals surface area contributed by atoms with Crippen LogP contribution in [0.3, 0.4) is 0 Å². The van der Waals surface area contributed by atoms with Gasteiger partial charge in [0.05, 0.1) is 45.3 Å². The molecule has 37 heavy (non-hydrogen) atoms. The van der Waals surface area contributed by atoms with Gasteiger partial charge in [0.25, 0.3) is 10.0 Å². The molecule has 0 saturated heterocycles. The molecule has 16 nitrogen and oxygen atoms in total. The third-order valence-corrected chi connectivity index (χ3v) is 5.47. The van der Waals surface area contributed by atoms with Crippen molar-refractivity contribution in [3.63, 3.8) is 0 Å². The van der Waals surface area contributed by atoms with Crippen molar-refractivity contribution in [2.45, 2.75) is 11.8 Å². The average Bonchev–Trinajstić information content (AvgIpc) is 2.87. The van der Waals surface area contributed by atoms with Crippen molar-refractivity contribution in [1.29, 1.82) is 5.26 Å². The second-order valence-electron chi connectivity index (χ2n) is 6.44. The summed E-state index contributed by atoms with van der Waals surface area (Å²) in [4.78, 5) is 43.3. The van der Waals surface area contributed by atoms with Gasteiger partial charge < -0.3 is 18.9 Å². The van der Waals surface area contributed by atoms with Gasteiger partial charge in [-0.2, -0.15) is 20.3 Å². The molecule has 196 valence electrons. The van der Waals surface area contributed by atoms with Crippen LogP contribution in [0.25, 0.3) is 0 Å². The number of hydrogen-bond acceptors (Lipinski definition) is 14. The van der Waals surface area contributed by atoms with Gasteiger partial charge in [-0.1, -0.05) is 0 Å². The molecule has 0 bridgehead atoms. The zero-order valence-corrected chi connectivity index (χ0v) is 20.7. The first-order valence-corrected chi connectivity index (χ1v) is 11.5. The van der Waals surface area contributed by atoms with Gasteiger partial charge in [-0.05, 0) is 25.1 Å². The fourth-order valence-electron chi connectivity index (χ4n) is 2.50. The summed E-state index contributed by atoms with van der Waals surface area (Å²) in [6.45, 7) is 1.53. The van der Waals surface area contributed by atoms with Crippen LogP contribution in [0.5, 0.6) is 11.8 Å². The molecule has 0 aliphatic rings. The maximum Gasteiger partial charge on any atom is 0.369 e. The summed E-state index contributed by atoms with van der Waals surface area (Å²) in [6.07, 6.45) is 0. The highest BCUT2D eigenvalue weighted by atomic mass is 32.2. The topological polar surface area (TPSA) is 220 Å². The van der Waals surface area contributed by atoms with Gasteiger partial charge in [-0.25, -0.2) is 27.5 Å². The molecule has 0 fully saturated rings. The Labute approximate surface area is 210 Å². The number of nitriles is 1. The van der Waals surface area contributed by atoms with Crippen molar-refractivity contribution in [2.24, 2.45) is 5.10 Å². The number of hydrogen-bond donors (Lipinski definition) is 3. The fraction of sp³-hybridized carbons (Fsp3) is 0.250. The first-order valence-electron chi connectivity index (χ1n) is 10.0. The normalized spacial score (nSPS) is 10.9. The van der Waals surface area contributed by atoms with Crippen LogP contribution >= 0.6 is 0 Å². The summed E-state index contributed by atoms with van der Waals surface area (Å²) in [6, 6.07) is 4.80. The molecule has 0 atom stereocenters. The first-order chi connectivity index (χ1) is 17.6. The highest BCUT2D eigenvalue weighted by Crippen LogP contribution is 2.22. The summed E-state index contributed by atoms with van der Waals surface area (Å²) >= 11 is 0. The maximum absolute atomic E-state index is 13.0. The SMILES string of the molecule is CCOC(=O)C(C#N)=NNc1ccc(C(=O)OC)c(S(=O)(=O)NC(=O)Nc2nc(OC)cc(OC)n2)c1. The Morgan fingerprint density at radius 3 is 2.27 bits per heavy atom. The number of hydrazone groups is 1. The number of esters is 2. The zero-order valence-electron chi connectivity index (χ0n) is 19.9. The summed E-state index contributed by atoms with van der Waals surface area (Å²) in [7, 11) is -1.07. The quantitative estimate of drug-likeness (QED) is 0.216. The Balaban J connectivity index is 2.37. The number of nitrogens with zero attached hydrogens (tertiary/aromatic N) is 4. The van der Waals surface area contributed by atoms with Crippen molar-refractivity contribution < 1.29 is 41.7 Å². The summed E-state index contributed by atoms with van der Waals surface area (Å²) < 4.78 is 46.9. The van der Waals surface area contributed by atoms with E-state index in [0.717, 1.165) is 19.2 Å². The van der Waals surface area contributed by atoms with Crippen molar-refractivity contribution in [3.8, 4) is 17.8 Å². The molecule has 0 aliphatic heterocycles. The van der Waals surface area contributed by atoms with E-state index in [2.05, 4.69) is 35.3 Å². The average molecular weight is 535 g/mol. The summed E-state index contributed by atoms with van der Waals surface area (Å²) in [5, 5.41) is 14.8. The van der Waals surface area contributed by atoms with E-state index >= 15 is 0 Å². The van der Waals surface area contributed by atoms with Crippen LogP contribution in [-0.2, 0) is 24.3 Å². The number of carbonyl (C=O) groups excluding carboxylic acids is 3. The van der Waals surface area contributed by atoms with E-state index in [1.807, 2.05) is 0 Å². The number of rotatable bonds is 10. The Morgan fingerprint density at radius 2 is 1.73 bits per heavy atom. The Morgan fingerprint density at radius 1 is 1.08 bits per heavy atom. The molecule has 2 rings (SSSR count). The van der Waals surface area contributed by atoms with Crippen molar-refractivity contribution >= 4 is 45.3 Å². The molecule has 0 saturated carbocycles. The van der Waals surface area contributed by atoms with Gasteiger partial charge in [-0.15, -0.1) is 0 Å². The number of nitrogens with one attached hydrogen (secondary N) is 3. The minimum Gasteiger partial charge on any atom is -0.481 e. The highest BCUT2D eigenvalue weighted by Gasteiger charge is 2.26. The van der Waals surface area contributed by atoms with Crippen LogP contribution in [0.4, 0.5) is 16.4 Å². The Kier molecular flexibility index (Phi) is 9.66. The lowest BCUT2D eigenvalue weighted by Crippen LogP contribution is -2.35. The fourth-order valence-corrected chi connectivity index (χ4v) is 3.63. The number of urea groups is 1. The number of carbonyl (C=O) groups is 3. The number of aromatic nitrogens is 2. The van der Waals surface area contributed by atoms with Crippen LogP contribution in [-0.4, -0.2) is 70.0 Å². The van der Waals surface area contributed by atoms with Crippen LogP contribution in [0, 0.1) is 11.3 Å². The van der Waals surface area contributed by atoms with E-state index < -0.39 is 44.2 Å². The van der Waals surface area contributed by atoms with Gasteiger partial charge in [0.15, 0.2) is 0 Å². The van der Waals surface area contributed by atoms with Crippen LogP contribution in [0.2, 0.25) is 0 Å². The molecular formula is C20H21N7O9S. The molecule has 17 heteroatoms. The largest absolute Gasteiger partial charge is 0.481 e. The van der Waals surface area contributed by atoms with Crippen LogP contribution in [0.15, 0.2) is 34.3 Å². The lowest BCUT2D eigenvalue weighted by molar-refractivity contribution is -0.134. The van der Waals surface area contributed by atoms with E-state index in [1.54, 1.807) is 4.72 Å². The third kappa shape index (κ3) is 7.50. The molecule has 2 amide bonds. The lowest BCUT2D eigenvalue weighted by atomic mass is 10.2. The monoisotopic (exact) mass is 535 g/mol. The Hall–Kier alpha value is -4.98. The van der Waals surface area contributed by atoms with Crippen molar-refractivity contribution in [2.75, 3.05) is 38.7 Å². The minimum absolute atomic E-state index is 0.00291. The second kappa shape index (κ2) is 12.6. The lowest BCUT2D eigenvalue weighted by Gasteiger charge is -2.13. The molecule has 3 N–H and O–H groups in total. The van der Waals surface area contributed by atoms with E-state index in [9.17, 15) is 22.8 Å². The maximum atomic E-state index is 13.0. The van der Waals surface area contributed by atoms with Gasteiger partial charge >= 0.3 is 18.0 Å². The smallest absolute Gasteiger partial charge is 0.369 e. The van der Waals surface area contributed by atoms with E-state index in [0.29, 0.717) is 0 Å². The van der Waals surface area contributed by atoms with Crippen LogP contribution in [0.1, 0.15) is 17.3 Å². The van der Waals surface area contributed by atoms with Crippen LogP contribution < -0.4 is 24.9 Å². The van der Waals surface area contributed by atoms with Crippen molar-refractivity contribution in [3.05, 3.63) is 29.8 Å². The zero-order chi connectivity index (χ0) is 27.6. The predicted octanol–water partition coefficient (Wildman–Crippen LogP) is 0.645. The van der Waals surface area contributed by atoms with Gasteiger partial charge in [0.1, 0.15) is 11.0 Å². The molecule has 1 aromatic carbocycles. The molecular weight excluding hydrogens is 514 g/mol. The second-order valence-corrected chi connectivity index (χ2v) is 8.09.